The van der Waals surface area contributed by atoms with Gasteiger partial charge in [0.1, 0.15) is 23.9 Å². The number of ether oxygens (including phenoxy) is 1. The van der Waals surface area contributed by atoms with E-state index in [1.54, 1.807) is 29.2 Å². The van der Waals surface area contributed by atoms with Gasteiger partial charge in [0, 0.05) is 18.1 Å². The minimum absolute atomic E-state index is 0.0761. The first-order valence-electron chi connectivity index (χ1n) is 9.87. The molecule has 1 N–H and O–H groups in total. The van der Waals surface area contributed by atoms with Crippen molar-refractivity contribution < 1.29 is 23.1 Å². The van der Waals surface area contributed by atoms with Gasteiger partial charge in [-0.15, -0.1) is 0 Å². The van der Waals surface area contributed by atoms with Crippen molar-refractivity contribution in [3.8, 4) is 5.75 Å². The lowest BCUT2D eigenvalue weighted by Gasteiger charge is -2.18. The molecule has 1 fully saturated rings. The number of carbonyl (C=O) groups excluding carboxylic acids is 2. The Morgan fingerprint density at radius 1 is 1.06 bits per heavy atom. The second kappa shape index (κ2) is 9.22. The van der Waals surface area contributed by atoms with Crippen LogP contribution in [0.25, 0.3) is 0 Å². The molecule has 2 heterocycles. The van der Waals surface area contributed by atoms with Crippen LogP contribution in [0, 0.1) is 5.82 Å². The number of benzene rings is 2. The minimum atomic E-state index is -0.495. The first-order chi connectivity index (χ1) is 15.0. The van der Waals surface area contributed by atoms with E-state index in [0.717, 1.165) is 12.8 Å². The number of nitrogens with one attached hydrogen (secondary N) is 1. The smallest absolute Gasteiger partial charge is 0.291 e. The average molecular weight is 443 g/mol. The fourth-order valence-electron chi connectivity index (χ4n) is 3.34. The van der Waals surface area contributed by atoms with Crippen molar-refractivity contribution in [1.29, 1.82) is 0 Å². The molecule has 0 atom stereocenters. The molecule has 0 radical (unpaired) electrons. The second-order valence-corrected chi connectivity index (χ2v) is 7.59. The molecular weight excluding hydrogens is 423 g/mol. The normalized spacial score (nSPS) is 13.3. The van der Waals surface area contributed by atoms with Crippen molar-refractivity contribution in [2.24, 2.45) is 0 Å². The van der Waals surface area contributed by atoms with Gasteiger partial charge < -0.3 is 19.4 Å². The highest BCUT2D eigenvalue weighted by Gasteiger charge is 2.23. The quantitative estimate of drug-likeness (QED) is 0.573. The molecule has 0 aliphatic carbocycles. The maximum atomic E-state index is 13.0. The summed E-state index contributed by atoms with van der Waals surface area (Å²) in [4.78, 5) is 27.3. The molecule has 0 spiro atoms. The Kier molecular flexibility index (Phi) is 6.23. The number of hydrogen-bond acceptors (Lipinski definition) is 4. The van der Waals surface area contributed by atoms with Gasteiger partial charge in [-0.25, -0.2) is 4.39 Å². The standard InChI is InChI=1S/C23H20ClFN2O4/c24-15-3-9-20(19(13-15)23(29)27-11-1-2-12-27)26-22(28)21-10-8-18(31-21)14-30-17-6-4-16(25)5-7-17/h3-10,13H,1-2,11-12,14H2,(H,26,28). The van der Waals surface area contributed by atoms with Crippen molar-refractivity contribution in [2.45, 2.75) is 19.4 Å². The number of halogens is 2. The maximum absolute atomic E-state index is 13.0. The summed E-state index contributed by atoms with van der Waals surface area (Å²) in [6, 6.07) is 13.5. The van der Waals surface area contributed by atoms with E-state index in [1.165, 1.54) is 30.3 Å². The van der Waals surface area contributed by atoms with Crippen LogP contribution in [-0.2, 0) is 6.61 Å². The van der Waals surface area contributed by atoms with Crippen LogP contribution in [0.1, 0.15) is 39.5 Å². The molecule has 160 valence electrons. The van der Waals surface area contributed by atoms with Crippen LogP contribution in [0.2, 0.25) is 5.02 Å². The van der Waals surface area contributed by atoms with Crippen molar-refractivity contribution in [3.63, 3.8) is 0 Å². The summed E-state index contributed by atoms with van der Waals surface area (Å²) in [6.07, 6.45) is 1.92. The van der Waals surface area contributed by atoms with E-state index in [-0.39, 0.29) is 24.1 Å². The predicted octanol–water partition coefficient (Wildman–Crippen LogP) is 5.14. The first-order valence-corrected chi connectivity index (χ1v) is 10.2. The van der Waals surface area contributed by atoms with E-state index in [0.29, 0.717) is 40.9 Å². The van der Waals surface area contributed by atoms with Gasteiger partial charge in [0.15, 0.2) is 5.76 Å². The molecule has 1 aliphatic rings. The summed E-state index contributed by atoms with van der Waals surface area (Å²) in [5.74, 6) is -0.0238. The Balaban J connectivity index is 1.44. The van der Waals surface area contributed by atoms with Crippen molar-refractivity contribution in [2.75, 3.05) is 18.4 Å². The van der Waals surface area contributed by atoms with Crippen LogP contribution in [0.5, 0.6) is 5.75 Å². The van der Waals surface area contributed by atoms with Crippen LogP contribution in [-0.4, -0.2) is 29.8 Å². The fraction of sp³-hybridized carbons (Fsp3) is 0.217. The van der Waals surface area contributed by atoms with Crippen LogP contribution in [0.15, 0.2) is 59.0 Å². The van der Waals surface area contributed by atoms with Gasteiger partial charge in [0.25, 0.3) is 11.8 Å². The number of hydrogen-bond donors (Lipinski definition) is 1. The van der Waals surface area contributed by atoms with Gasteiger partial charge >= 0.3 is 0 Å². The van der Waals surface area contributed by atoms with Gasteiger partial charge in [-0.3, -0.25) is 9.59 Å². The summed E-state index contributed by atoms with van der Waals surface area (Å²) < 4.78 is 24.0. The van der Waals surface area contributed by atoms with Crippen LogP contribution >= 0.6 is 11.6 Å². The topological polar surface area (TPSA) is 71.8 Å². The second-order valence-electron chi connectivity index (χ2n) is 7.15. The molecule has 0 saturated carbocycles. The Bertz CT molecular complexity index is 1090. The number of nitrogens with zero attached hydrogens (tertiary/aromatic N) is 1. The minimum Gasteiger partial charge on any atom is -0.486 e. The van der Waals surface area contributed by atoms with Crippen molar-refractivity contribution >= 4 is 29.1 Å². The Labute approximate surface area is 183 Å². The van der Waals surface area contributed by atoms with Gasteiger partial charge in [0.05, 0.1) is 11.3 Å². The molecule has 31 heavy (non-hydrogen) atoms. The average Bonchev–Trinajstić information content (AvgIpc) is 3.46. The van der Waals surface area contributed by atoms with E-state index < -0.39 is 5.91 Å². The monoisotopic (exact) mass is 442 g/mol. The number of furan rings is 1. The highest BCUT2D eigenvalue weighted by molar-refractivity contribution is 6.31. The maximum Gasteiger partial charge on any atom is 0.291 e. The molecule has 0 unspecified atom stereocenters. The molecule has 2 amide bonds. The lowest BCUT2D eigenvalue weighted by molar-refractivity contribution is 0.0794. The molecule has 4 rings (SSSR count). The molecule has 8 heteroatoms. The third kappa shape index (κ3) is 5.06. The van der Waals surface area contributed by atoms with Crippen LogP contribution < -0.4 is 10.1 Å². The highest BCUT2D eigenvalue weighted by atomic mass is 35.5. The van der Waals surface area contributed by atoms with Gasteiger partial charge in [0.2, 0.25) is 0 Å². The molecule has 2 aromatic carbocycles. The summed E-state index contributed by atoms with van der Waals surface area (Å²) in [7, 11) is 0. The molecule has 1 saturated heterocycles. The molecule has 0 bridgehead atoms. The number of likely N-dealkylation sites (tertiary alicyclic amines) is 1. The molecule has 6 nitrogen and oxygen atoms in total. The highest BCUT2D eigenvalue weighted by Crippen LogP contribution is 2.25. The number of amides is 2. The van der Waals surface area contributed by atoms with Crippen LogP contribution in [0.4, 0.5) is 10.1 Å². The molecular formula is C23H20ClFN2O4. The van der Waals surface area contributed by atoms with Crippen LogP contribution in [0.3, 0.4) is 0 Å². The lowest BCUT2D eigenvalue weighted by Crippen LogP contribution is -2.28. The third-order valence-electron chi connectivity index (χ3n) is 4.93. The predicted molar refractivity (Wildman–Crippen MR) is 114 cm³/mol. The zero-order valence-corrected chi connectivity index (χ0v) is 17.3. The largest absolute Gasteiger partial charge is 0.486 e. The van der Waals surface area contributed by atoms with E-state index in [1.807, 2.05) is 0 Å². The Hall–Kier alpha value is -3.32. The number of anilines is 1. The number of carbonyl (C=O) groups is 2. The summed E-state index contributed by atoms with van der Waals surface area (Å²) in [6.45, 7) is 1.46. The Morgan fingerprint density at radius 3 is 2.55 bits per heavy atom. The van der Waals surface area contributed by atoms with Gasteiger partial charge in [-0.2, -0.15) is 0 Å². The summed E-state index contributed by atoms with van der Waals surface area (Å²) >= 11 is 6.08. The first kappa shape index (κ1) is 20.9. The Morgan fingerprint density at radius 2 is 1.81 bits per heavy atom. The third-order valence-corrected chi connectivity index (χ3v) is 5.17. The molecule has 3 aromatic rings. The van der Waals surface area contributed by atoms with E-state index in [9.17, 15) is 14.0 Å². The van der Waals surface area contributed by atoms with E-state index >= 15 is 0 Å². The zero-order chi connectivity index (χ0) is 21.8. The van der Waals surface area contributed by atoms with E-state index in [2.05, 4.69) is 5.32 Å². The van der Waals surface area contributed by atoms with E-state index in [4.69, 9.17) is 20.8 Å². The zero-order valence-electron chi connectivity index (χ0n) is 16.6. The SMILES string of the molecule is O=C(Nc1ccc(Cl)cc1C(=O)N1CCCC1)c1ccc(COc2ccc(F)cc2)o1. The summed E-state index contributed by atoms with van der Waals surface area (Å²) in [5.41, 5.74) is 0.709. The molecule has 1 aliphatic heterocycles. The summed E-state index contributed by atoms with van der Waals surface area (Å²) in [5, 5.41) is 3.15. The van der Waals surface area contributed by atoms with Gasteiger partial charge in [-0.1, -0.05) is 11.6 Å². The molecule has 1 aromatic heterocycles. The fourth-order valence-corrected chi connectivity index (χ4v) is 3.51. The lowest BCUT2D eigenvalue weighted by atomic mass is 10.1. The number of rotatable bonds is 6. The van der Waals surface area contributed by atoms with Gasteiger partial charge in [-0.05, 0) is 67.4 Å². The van der Waals surface area contributed by atoms with Crippen molar-refractivity contribution in [3.05, 3.63) is 82.5 Å². The van der Waals surface area contributed by atoms with Crippen molar-refractivity contribution in [1.82, 2.24) is 4.90 Å².